The maximum Gasteiger partial charge on any atom is 0.272 e. The lowest BCUT2D eigenvalue weighted by Crippen LogP contribution is -2.54. The number of nitrogens with zero attached hydrogens (tertiary/aromatic N) is 3. The molecular weight excluding hydrogens is 524 g/mol. The number of carbonyl (C=O) groups excluding carboxylic acids is 3. The summed E-state index contributed by atoms with van der Waals surface area (Å²) in [4.78, 5) is 46.9. The molecule has 3 aromatic carbocycles. The average Bonchev–Trinajstić information content (AvgIpc) is 3.25. The number of hydrazone groups is 1. The summed E-state index contributed by atoms with van der Waals surface area (Å²) in [6, 6.07) is 24.3. The predicted octanol–water partition coefficient (Wildman–Crippen LogP) is 5.01. The second-order valence-corrected chi connectivity index (χ2v) is 10.8. The molecule has 3 aliphatic carbocycles. The van der Waals surface area contributed by atoms with E-state index in [-0.39, 0.29) is 17.7 Å². The number of aromatic nitrogens is 1. The Morgan fingerprint density at radius 3 is 2.35 bits per heavy atom. The molecule has 4 aromatic rings. The van der Waals surface area contributed by atoms with E-state index in [4.69, 9.17) is 11.6 Å². The summed E-state index contributed by atoms with van der Waals surface area (Å²) in [5, 5.41) is 4.88. The van der Waals surface area contributed by atoms with Crippen LogP contribution in [0.5, 0.6) is 0 Å². The Bertz CT molecular complexity index is 1700. The molecule has 1 fully saturated rings. The quantitative estimate of drug-likeness (QED) is 0.221. The fraction of sp³-hybridized carbons (Fsp3) is 0.156. The standard InChI is InChI=1S/C32H23ClN4O3/c1-18-12-13-20(33)15-25(18)37-30(39)27-26-21-8-2-4-10-23(21)32(28(27)31(37)40,24-11-5-3-9-22(24)26)17-35-36-29(38)19-7-6-14-34-16-19/h2-17,26-28H,1H3,(H,36,38). The van der Waals surface area contributed by atoms with Crippen LogP contribution < -0.4 is 10.3 Å². The molecule has 1 aliphatic heterocycles. The molecule has 0 spiro atoms. The Morgan fingerprint density at radius 1 is 0.975 bits per heavy atom. The van der Waals surface area contributed by atoms with E-state index >= 15 is 0 Å². The van der Waals surface area contributed by atoms with E-state index in [0.717, 1.165) is 27.8 Å². The minimum absolute atomic E-state index is 0.258. The zero-order chi connectivity index (χ0) is 27.6. The number of nitrogens with one attached hydrogen (secondary N) is 1. The number of hydrogen-bond acceptors (Lipinski definition) is 5. The van der Waals surface area contributed by atoms with E-state index in [1.54, 1.807) is 36.7 Å². The van der Waals surface area contributed by atoms with Crippen LogP contribution in [-0.2, 0) is 15.0 Å². The smallest absolute Gasteiger partial charge is 0.272 e. The van der Waals surface area contributed by atoms with E-state index in [0.29, 0.717) is 16.3 Å². The van der Waals surface area contributed by atoms with Gasteiger partial charge in [0, 0.05) is 29.5 Å². The fourth-order valence-corrected chi connectivity index (χ4v) is 7.03. The van der Waals surface area contributed by atoms with Crippen LogP contribution in [-0.4, -0.2) is 28.9 Å². The zero-order valence-corrected chi connectivity index (χ0v) is 22.2. The Hall–Kier alpha value is -4.62. The van der Waals surface area contributed by atoms with Crippen molar-refractivity contribution in [3.63, 3.8) is 0 Å². The first-order valence-corrected chi connectivity index (χ1v) is 13.4. The molecular formula is C32H23ClN4O3. The number of amides is 3. The molecule has 2 unspecified atom stereocenters. The van der Waals surface area contributed by atoms with E-state index in [9.17, 15) is 14.4 Å². The van der Waals surface area contributed by atoms with Crippen molar-refractivity contribution in [1.82, 2.24) is 10.4 Å². The van der Waals surface area contributed by atoms with Crippen LogP contribution in [0.1, 0.15) is 44.1 Å². The summed E-state index contributed by atoms with van der Waals surface area (Å²) >= 11 is 6.32. The molecule has 196 valence electrons. The number of anilines is 1. The number of imide groups is 1. The third-order valence-corrected chi connectivity index (χ3v) is 8.69. The molecule has 2 bridgehead atoms. The second-order valence-electron chi connectivity index (χ2n) is 10.4. The lowest BCUT2D eigenvalue weighted by atomic mass is 9.47. The van der Waals surface area contributed by atoms with E-state index in [1.807, 2.05) is 61.5 Å². The molecule has 2 heterocycles. The van der Waals surface area contributed by atoms with Gasteiger partial charge in [-0.3, -0.25) is 19.4 Å². The highest BCUT2D eigenvalue weighted by molar-refractivity contribution is 6.31. The summed E-state index contributed by atoms with van der Waals surface area (Å²) in [5.74, 6) is -2.68. The van der Waals surface area contributed by atoms with E-state index in [1.165, 1.54) is 11.1 Å². The van der Waals surface area contributed by atoms with Crippen molar-refractivity contribution in [3.05, 3.63) is 130 Å². The van der Waals surface area contributed by atoms with Gasteiger partial charge in [-0.25, -0.2) is 10.3 Å². The first-order chi connectivity index (χ1) is 19.4. The summed E-state index contributed by atoms with van der Waals surface area (Å²) in [6.07, 6.45) is 4.69. The van der Waals surface area contributed by atoms with Crippen LogP contribution in [0.25, 0.3) is 0 Å². The molecule has 2 atom stereocenters. The van der Waals surface area contributed by atoms with Crippen LogP contribution in [0.3, 0.4) is 0 Å². The summed E-state index contributed by atoms with van der Waals surface area (Å²) in [7, 11) is 0. The first-order valence-electron chi connectivity index (χ1n) is 13.0. The number of carbonyl (C=O) groups is 3. The maximum atomic E-state index is 14.5. The number of pyridine rings is 1. The molecule has 0 radical (unpaired) electrons. The summed E-state index contributed by atoms with van der Waals surface area (Å²) in [5.41, 5.74) is 6.94. The highest BCUT2D eigenvalue weighted by Gasteiger charge is 2.68. The Morgan fingerprint density at radius 2 is 1.68 bits per heavy atom. The van der Waals surface area contributed by atoms with Gasteiger partial charge in [0.2, 0.25) is 11.8 Å². The largest absolute Gasteiger partial charge is 0.274 e. The maximum absolute atomic E-state index is 14.5. The second kappa shape index (κ2) is 8.96. The number of benzene rings is 3. The van der Waals surface area contributed by atoms with Gasteiger partial charge in [0.05, 0.1) is 28.5 Å². The SMILES string of the molecule is Cc1ccc(Cl)cc1N1C(=O)C2C3c4ccccc4C(C=NNC(=O)c4cccnc4)(c4ccccc43)C2C1=O. The van der Waals surface area contributed by atoms with Crippen molar-refractivity contribution in [2.45, 2.75) is 18.3 Å². The molecule has 1 N–H and O–H groups in total. The minimum atomic E-state index is -1.08. The summed E-state index contributed by atoms with van der Waals surface area (Å²) in [6.45, 7) is 1.86. The van der Waals surface area contributed by atoms with Crippen LogP contribution >= 0.6 is 11.6 Å². The lowest BCUT2D eigenvalue weighted by Gasteiger charge is -2.52. The molecule has 8 rings (SSSR count). The molecule has 4 aliphatic rings. The van der Waals surface area contributed by atoms with Gasteiger partial charge in [-0.05, 0) is 59.0 Å². The van der Waals surface area contributed by atoms with Crippen molar-refractivity contribution in [3.8, 4) is 0 Å². The molecule has 3 amide bonds. The van der Waals surface area contributed by atoms with Gasteiger partial charge in [0.25, 0.3) is 5.91 Å². The minimum Gasteiger partial charge on any atom is -0.274 e. The Kier molecular flexibility index (Phi) is 5.47. The van der Waals surface area contributed by atoms with Gasteiger partial charge >= 0.3 is 0 Å². The average molecular weight is 547 g/mol. The third kappa shape index (κ3) is 3.27. The van der Waals surface area contributed by atoms with Gasteiger partial charge in [0.1, 0.15) is 0 Å². The molecule has 1 aromatic heterocycles. The zero-order valence-electron chi connectivity index (χ0n) is 21.4. The third-order valence-electron chi connectivity index (χ3n) is 8.45. The number of rotatable bonds is 4. The van der Waals surface area contributed by atoms with Crippen molar-refractivity contribution in [2.24, 2.45) is 16.9 Å². The molecule has 1 saturated heterocycles. The molecule has 8 heteroatoms. The van der Waals surface area contributed by atoms with Crippen LogP contribution in [0, 0.1) is 18.8 Å². The van der Waals surface area contributed by atoms with Crippen LogP contribution in [0.2, 0.25) is 5.02 Å². The van der Waals surface area contributed by atoms with E-state index in [2.05, 4.69) is 15.5 Å². The van der Waals surface area contributed by atoms with Crippen molar-refractivity contribution >= 4 is 41.2 Å². The lowest BCUT2D eigenvalue weighted by molar-refractivity contribution is -0.122. The van der Waals surface area contributed by atoms with Crippen LogP contribution in [0.15, 0.2) is 96.4 Å². The topological polar surface area (TPSA) is 91.7 Å². The summed E-state index contributed by atoms with van der Waals surface area (Å²) < 4.78 is 0. The highest BCUT2D eigenvalue weighted by Crippen LogP contribution is 2.63. The van der Waals surface area contributed by atoms with Crippen LogP contribution in [0.4, 0.5) is 5.69 Å². The van der Waals surface area contributed by atoms with Gasteiger partial charge in [-0.1, -0.05) is 66.2 Å². The molecule has 40 heavy (non-hydrogen) atoms. The number of aryl methyl sites for hydroxylation is 1. The highest BCUT2D eigenvalue weighted by atomic mass is 35.5. The fourth-order valence-electron chi connectivity index (χ4n) is 6.87. The van der Waals surface area contributed by atoms with Gasteiger partial charge in [-0.2, -0.15) is 5.10 Å². The first kappa shape index (κ1) is 24.4. The van der Waals surface area contributed by atoms with Gasteiger partial charge in [0.15, 0.2) is 0 Å². The number of halogens is 1. The van der Waals surface area contributed by atoms with Crippen molar-refractivity contribution in [1.29, 1.82) is 0 Å². The molecule has 0 saturated carbocycles. The van der Waals surface area contributed by atoms with E-state index < -0.39 is 23.2 Å². The van der Waals surface area contributed by atoms with Gasteiger partial charge < -0.3 is 0 Å². The Balaban J connectivity index is 1.43. The van der Waals surface area contributed by atoms with Gasteiger partial charge in [-0.15, -0.1) is 0 Å². The normalized spacial score (nSPS) is 24.1. The monoisotopic (exact) mass is 546 g/mol. The van der Waals surface area contributed by atoms with Crippen molar-refractivity contribution < 1.29 is 14.4 Å². The van der Waals surface area contributed by atoms with Crippen molar-refractivity contribution in [2.75, 3.05) is 4.90 Å². The predicted molar refractivity (Wildman–Crippen MR) is 151 cm³/mol. The Labute approximate surface area is 235 Å². The number of hydrogen-bond donors (Lipinski definition) is 1. The molecule has 7 nitrogen and oxygen atoms in total.